The zero-order valence-corrected chi connectivity index (χ0v) is 19.9. The fraction of sp³-hybridized carbons (Fsp3) is 0.357. The lowest BCUT2D eigenvalue weighted by atomic mass is 9.82. The first-order chi connectivity index (χ1) is 16.4. The molecule has 34 heavy (non-hydrogen) atoms. The number of carbonyl (C=O) groups is 2. The maximum atomic E-state index is 12.8. The van der Waals surface area contributed by atoms with Gasteiger partial charge in [-0.1, -0.05) is 61.5 Å². The molecule has 6 heteroatoms. The van der Waals surface area contributed by atoms with Crippen LogP contribution in [0.3, 0.4) is 0 Å². The van der Waals surface area contributed by atoms with Crippen molar-refractivity contribution < 1.29 is 19.4 Å². The van der Waals surface area contributed by atoms with E-state index in [2.05, 4.69) is 11.4 Å². The van der Waals surface area contributed by atoms with E-state index in [9.17, 15) is 14.7 Å². The van der Waals surface area contributed by atoms with E-state index in [1.807, 2.05) is 79.4 Å². The molecule has 4 rings (SSSR count). The fourth-order valence-corrected chi connectivity index (χ4v) is 4.97. The molecular formula is C28H32N2O4. The maximum absolute atomic E-state index is 12.8. The Morgan fingerprint density at radius 1 is 1.06 bits per heavy atom. The second kappa shape index (κ2) is 10.3. The summed E-state index contributed by atoms with van der Waals surface area (Å²) in [5.41, 5.74) is 1.85. The highest BCUT2D eigenvalue weighted by Gasteiger charge is 2.47. The van der Waals surface area contributed by atoms with E-state index in [0.29, 0.717) is 12.3 Å². The van der Waals surface area contributed by atoms with Crippen LogP contribution < -0.4 is 10.1 Å². The number of hydrogen-bond donors (Lipinski definition) is 2. The minimum atomic E-state index is -0.858. The van der Waals surface area contributed by atoms with E-state index in [1.54, 1.807) is 7.11 Å². The average Bonchev–Trinajstić information content (AvgIpc) is 3.22. The van der Waals surface area contributed by atoms with Crippen LogP contribution >= 0.6 is 0 Å². The van der Waals surface area contributed by atoms with Gasteiger partial charge in [-0.3, -0.25) is 14.5 Å². The standard InChI is InChI=1S/C28H32N2O4/c1-4-18(2)29-25(31)17-30-16-24(22-10-9-19-7-5-6-8-21(19)15-22)26(28(32)33)27(30)20-11-13-23(34-3)14-12-20/h5-15,18,24,26-27H,4,16-17H2,1-3H3,(H,29,31)(H,32,33). The van der Waals surface area contributed by atoms with Crippen LogP contribution in [0.5, 0.6) is 5.75 Å². The molecule has 1 aliphatic heterocycles. The third-order valence-corrected chi connectivity index (χ3v) is 6.91. The molecule has 1 amide bonds. The van der Waals surface area contributed by atoms with Crippen molar-refractivity contribution in [3.8, 4) is 5.75 Å². The number of nitrogens with one attached hydrogen (secondary N) is 1. The second-order valence-electron chi connectivity index (χ2n) is 9.10. The summed E-state index contributed by atoms with van der Waals surface area (Å²) < 4.78 is 5.29. The second-order valence-corrected chi connectivity index (χ2v) is 9.10. The molecule has 1 saturated heterocycles. The topological polar surface area (TPSA) is 78.9 Å². The molecule has 3 aromatic carbocycles. The van der Waals surface area contributed by atoms with Crippen molar-refractivity contribution in [2.45, 2.75) is 38.3 Å². The van der Waals surface area contributed by atoms with Crippen LogP contribution in [0.1, 0.15) is 43.4 Å². The monoisotopic (exact) mass is 460 g/mol. The van der Waals surface area contributed by atoms with Crippen LogP contribution in [0, 0.1) is 5.92 Å². The third-order valence-electron chi connectivity index (χ3n) is 6.91. The number of rotatable bonds is 8. The first kappa shape index (κ1) is 23.8. The smallest absolute Gasteiger partial charge is 0.309 e. The minimum Gasteiger partial charge on any atom is -0.497 e. The highest BCUT2D eigenvalue weighted by molar-refractivity contribution is 5.84. The summed E-state index contributed by atoms with van der Waals surface area (Å²) in [5, 5.41) is 15.6. The number of likely N-dealkylation sites (tertiary alicyclic amines) is 1. The van der Waals surface area contributed by atoms with Crippen molar-refractivity contribution in [1.82, 2.24) is 10.2 Å². The molecule has 0 spiro atoms. The molecule has 1 heterocycles. The Labute approximate surface area is 200 Å². The van der Waals surface area contributed by atoms with Gasteiger partial charge >= 0.3 is 5.97 Å². The SMILES string of the molecule is CCC(C)NC(=O)CN1CC(c2ccc3ccccc3c2)C(C(=O)O)C1c1ccc(OC)cc1. The van der Waals surface area contributed by atoms with E-state index < -0.39 is 17.9 Å². The van der Waals surface area contributed by atoms with Crippen LogP contribution in [-0.2, 0) is 9.59 Å². The summed E-state index contributed by atoms with van der Waals surface area (Å²) in [6.45, 7) is 4.63. The Hall–Kier alpha value is -3.38. The van der Waals surface area contributed by atoms with Crippen LogP contribution in [0.25, 0.3) is 10.8 Å². The van der Waals surface area contributed by atoms with Crippen LogP contribution in [-0.4, -0.2) is 48.1 Å². The molecule has 3 aromatic rings. The number of amides is 1. The van der Waals surface area contributed by atoms with Crippen molar-refractivity contribution in [2.24, 2.45) is 5.92 Å². The summed E-state index contributed by atoms with van der Waals surface area (Å²) in [6.07, 6.45) is 0.838. The highest BCUT2D eigenvalue weighted by atomic mass is 16.5. The maximum Gasteiger partial charge on any atom is 0.309 e. The quantitative estimate of drug-likeness (QED) is 0.514. The fourth-order valence-electron chi connectivity index (χ4n) is 4.97. The Balaban J connectivity index is 1.72. The van der Waals surface area contributed by atoms with Crippen molar-refractivity contribution in [1.29, 1.82) is 0 Å². The molecule has 1 aliphatic rings. The van der Waals surface area contributed by atoms with E-state index in [1.165, 1.54) is 0 Å². The number of hydrogen-bond acceptors (Lipinski definition) is 4. The lowest BCUT2D eigenvalue weighted by molar-refractivity contribution is -0.143. The Kier molecular flexibility index (Phi) is 7.17. The molecule has 2 N–H and O–H groups in total. The first-order valence-corrected chi connectivity index (χ1v) is 11.8. The van der Waals surface area contributed by atoms with E-state index in [0.717, 1.165) is 28.3 Å². The van der Waals surface area contributed by atoms with Gasteiger partial charge in [0.25, 0.3) is 0 Å². The number of nitrogens with zero attached hydrogens (tertiary/aromatic N) is 1. The number of carbonyl (C=O) groups excluding carboxylic acids is 1. The van der Waals surface area contributed by atoms with Gasteiger partial charge in [-0.2, -0.15) is 0 Å². The lowest BCUT2D eigenvalue weighted by Crippen LogP contribution is -2.41. The molecule has 4 atom stereocenters. The third kappa shape index (κ3) is 4.92. The normalized spacial score (nSPS) is 21.3. The molecule has 0 bridgehead atoms. The van der Waals surface area contributed by atoms with Crippen LogP contribution in [0.4, 0.5) is 0 Å². The number of fused-ring (bicyclic) bond motifs is 1. The van der Waals surface area contributed by atoms with Gasteiger partial charge in [0, 0.05) is 24.5 Å². The number of aliphatic carboxylic acids is 1. The number of methoxy groups -OCH3 is 1. The van der Waals surface area contributed by atoms with Gasteiger partial charge in [-0.15, -0.1) is 0 Å². The zero-order valence-electron chi connectivity index (χ0n) is 19.9. The molecule has 0 aliphatic carbocycles. The van der Waals surface area contributed by atoms with Gasteiger partial charge in [0.1, 0.15) is 5.75 Å². The Morgan fingerprint density at radius 3 is 2.38 bits per heavy atom. The van der Waals surface area contributed by atoms with Crippen molar-refractivity contribution in [3.05, 3.63) is 77.9 Å². The van der Waals surface area contributed by atoms with Crippen LogP contribution in [0.2, 0.25) is 0 Å². The lowest BCUT2D eigenvalue weighted by Gasteiger charge is -2.27. The summed E-state index contributed by atoms with van der Waals surface area (Å²) in [4.78, 5) is 27.5. The van der Waals surface area contributed by atoms with E-state index >= 15 is 0 Å². The van der Waals surface area contributed by atoms with Gasteiger partial charge in [0.05, 0.1) is 19.6 Å². The zero-order chi connectivity index (χ0) is 24.2. The van der Waals surface area contributed by atoms with Crippen molar-refractivity contribution in [2.75, 3.05) is 20.2 Å². The predicted octanol–water partition coefficient (Wildman–Crippen LogP) is 4.60. The predicted molar refractivity (Wildman–Crippen MR) is 133 cm³/mol. The van der Waals surface area contributed by atoms with Crippen molar-refractivity contribution in [3.63, 3.8) is 0 Å². The first-order valence-electron chi connectivity index (χ1n) is 11.8. The van der Waals surface area contributed by atoms with Gasteiger partial charge in [-0.25, -0.2) is 0 Å². The molecule has 0 aromatic heterocycles. The van der Waals surface area contributed by atoms with E-state index in [4.69, 9.17) is 4.74 Å². The van der Waals surface area contributed by atoms with Gasteiger partial charge in [-0.05, 0) is 47.4 Å². The molecule has 6 nitrogen and oxygen atoms in total. The van der Waals surface area contributed by atoms with Gasteiger partial charge in [0.2, 0.25) is 5.91 Å². The molecule has 0 saturated carbocycles. The van der Waals surface area contributed by atoms with Gasteiger partial charge in [0.15, 0.2) is 0 Å². The summed E-state index contributed by atoms with van der Waals surface area (Å²) in [6, 6.07) is 21.4. The summed E-state index contributed by atoms with van der Waals surface area (Å²) in [7, 11) is 1.60. The van der Waals surface area contributed by atoms with Gasteiger partial charge < -0.3 is 15.2 Å². The number of benzene rings is 3. The van der Waals surface area contributed by atoms with Crippen LogP contribution in [0.15, 0.2) is 66.7 Å². The van der Waals surface area contributed by atoms with Crippen molar-refractivity contribution >= 4 is 22.6 Å². The largest absolute Gasteiger partial charge is 0.497 e. The molecular weight excluding hydrogens is 428 g/mol. The summed E-state index contributed by atoms with van der Waals surface area (Å²) >= 11 is 0. The Bertz CT molecular complexity index is 1160. The number of ether oxygens (including phenoxy) is 1. The molecule has 4 unspecified atom stereocenters. The molecule has 1 fully saturated rings. The number of carboxylic acid groups (broad SMARTS) is 1. The molecule has 0 radical (unpaired) electrons. The number of carboxylic acids is 1. The minimum absolute atomic E-state index is 0.0705. The Morgan fingerprint density at radius 2 is 1.74 bits per heavy atom. The molecule has 178 valence electrons. The summed E-state index contributed by atoms with van der Waals surface area (Å²) in [5.74, 6) is -1.17. The highest BCUT2D eigenvalue weighted by Crippen LogP contribution is 2.46. The average molecular weight is 461 g/mol. The van der Waals surface area contributed by atoms with E-state index in [-0.39, 0.29) is 24.4 Å².